The zero-order chi connectivity index (χ0) is 14.9. The Bertz CT molecular complexity index is 617. The molecule has 108 valence electrons. The molecule has 0 atom stereocenters. The van der Waals surface area contributed by atoms with Crippen LogP contribution in [0.25, 0.3) is 5.69 Å². The molecule has 1 N–H and O–H groups in total. The van der Waals surface area contributed by atoms with Crippen molar-refractivity contribution in [1.29, 1.82) is 0 Å². The average molecular weight is 284 g/mol. The van der Waals surface area contributed by atoms with E-state index in [4.69, 9.17) is 0 Å². The van der Waals surface area contributed by atoms with Crippen LogP contribution in [0.15, 0.2) is 18.3 Å². The lowest BCUT2D eigenvalue weighted by atomic mass is 10.1. The van der Waals surface area contributed by atoms with E-state index in [1.807, 2.05) is 20.8 Å². The minimum atomic E-state index is -1.26. The van der Waals surface area contributed by atoms with Gasteiger partial charge in [0.1, 0.15) is 11.5 Å². The van der Waals surface area contributed by atoms with Crippen LogP contribution in [0.4, 0.5) is 13.2 Å². The predicted molar refractivity (Wildman–Crippen MR) is 67.8 cm³/mol. The molecule has 2 rings (SSSR count). The van der Waals surface area contributed by atoms with E-state index in [9.17, 15) is 13.2 Å². The normalized spacial score (nSPS) is 11.9. The summed E-state index contributed by atoms with van der Waals surface area (Å²) in [6.45, 7) is 6.23. The molecule has 1 heterocycles. The molecule has 0 unspecified atom stereocenters. The minimum absolute atomic E-state index is 0.166. The highest BCUT2D eigenvalue weighted by atomic mass is 19.2. The van der Waals surface area contributed by atoms with Gasteiger partial charge in [-0.25, -0.2) is 17.9 Å². The molecule has 0 aliphatic heterocycles. The first-order chi connectivity index (χ1) is 9.28. The van der Waals surface area contributed by atoms with Gasteiger partial charge in [-0.15, -0.1) is 5.10 Å². The Morgan fingerprint density at radius 1 is 1.20 bits per heavy atom. The van der Waals surface area contributed by atoms with Gasteiger partial charge in [-0.3, -0.25) is 0 Å². The summed E-state index contributed by atoms with van der Waals surface area (Å²) < 4.78 is 41.3. The molecule has 0 amide bonds. The molecule has 0 radical (unpaired) electrons. The Hall–Kier alpha value is -1.89. The summed E-state index contributed by atoms with van der Waals surface area (Å²) in [5, 5.41) is 10.5. The highest BCUT2D eigenvalue weighted by Gasteiger charge is 2.17. The second-order valence-electron chi connectivity index (χ2n) is 5.46. The number of halogens is 3. The third kappa shape index (κ3) is 3.16. The summed E-state index contributed by atoms with van der Waals surface area (Å²) in [5.74, 6) is -3.29. The Balaban J connectivity index is 2.37. The number of nitrogens with zero attached hydrogens (tertiary/aromatic N) is 3. The van der Waals surface area contributed by atoms with Crippen LogP contribution in [0.2, 0.25) is 0 Å². The fraction of sp³-hybridized carbons (Fsp3) is 0.385. The molecular weight excluding hydrogens is 269 g/mol. The fourth-order valence-electron chi connectivity index (χ4n) is 1.63. The Morgan fingerprint density at radius 3 is 2.55 bits per heavy atom. The summed E-state index contributed by atoms with van der Waals surface area (Å²) in [4.78, 5) is 0. The van der Waals surface area contributed by atoms with Gasteiger partial charge in [-0.05, 0) is 20.8 Å². The Kier molecular flexibility index (Phi) is 3.80. The van der Waals surface area contributed by atoms with Gasteiger partial charge >= 0.3 is 0 Å². The van der Waals surface area contributed by atoms with E-state index in [1.54, 1.807) is 0 Å². The van der Waals surface area contributed by atoms with Crippen LogP contribution in [0.5, 0.6) is 0 Å². The lowest BCUT2D eigenvalue weighted by Crippen LogP contribution is -2.35. The maximum Gasteiger partial charge on any atom is 0.184 e. The summed E-state index contributed by atoms with van der Waals surface area (Å²) in [7, 11) is 0. The van der Waals surface area contributed by atoms with Crippen LogP contribution in [0, 0.1) is 17.5 Å². The maximum absolute atomic E-state index is 13.7. The van der Waals surface area contributed by atoms with Crippen molar-refractivity contribution in [1.82, 2.24) is 20.3 Å². The number of rotatable bonds is 3. The van der Waals surface area contributed by atoms with Crippen molar-refractivity contribution >= 4 is 0 Å². The first kappa shape index (κ1) is 14.5. The van der Waals surface area contributed by atoms with Crippen LogP contribution >= 0.6 is 0 Å². The Morgan fingerprint density at radius 2 is 1.90 bits per heavy atom. The molecule has 0 fully saturated rings. The van der Waals surface area contributed by atoms with Crippen LogP contribution in [-0.2, 0) is 6.54 Å². The second kappa shape index (κ2) is 5.24. The first-order valence-electron chi connectivity index (χ1n) is 6.07. The zero-order valence-electron chi connectivity index (χ0n) is 11.4. The number of aromatic nitrogens is 3. The van der Waals surface area contributed by atoms with Crippen molar-refractivity contribution < 1.29 is 13.2 Å². The lowest BCUT2D eigenvalue weighted by molar-refractivity contribution is 0.417. The average Bonchev–Trinajstić information content (AvgIpc) is 2.78. The molecule has 1 aromatic heterocycles. The SMILES string of the molecule is CC(C)(C)NCc1cnnn1-c1cc(F)cc(F)c1F. The molecule has 0 saturated heterocycles. The van der Waals surface area contributed by atoms with Gasteiger partial charge in [0.2, 0.25) is 0 Å². The van der Waals surface area contributed by atoms with Crippen molar-refractivity contribution in [2.75, 3.05) is 0 Å². The summed E-state index contributed by atoms with van der Waals surface area (Å²) in [6.07, 6.45) is 1.42. The van der Waals surface area contributed by atoms with Crippen molar-refractivity contribution in [3.05, 3.63) is 41.5 Å². The van der Waals surface area contributed by atoms with E-state index in [-0.39, 0.29) is 11.2 Å². The van der Waals surface area contributed by atoms with Crippen LogP contribution in [0.3, 0.4) is 0 Å². The standard InChI is InChI=1S/C13H15F3N4/c1-13(2,3)17-6-9-7-18-19-20(9)11-5-8(14)4-10(15)12(11)16/h4-5,7,17H,6H2,1-3H3. The summed E-state index contributed by atoms with van der Waals surface area (Å²) >= 11 is 0. The predicted octanol–water partition coefficient (Wildman–Crippen LogP) is 2.57. The van der Waals surface area contributed by atoms with Gasteiger partial charge in [0.05, 0.1) is 11.9 Å². The van der Waals surface area contributed by atoms with E-state index >= 15 is 0 Å². The van der Waals surface area contributed by atoms with Gasteiger partial charge in [0.25, 0.3) is 0 Å². The smallest absolute Gasteiger partial charge is 0.184 e. The fourth-order valence-corrected chi connectivity index (χ4v) is 1.63. The number of benzene rings is 1. The molecule has 7 heteroatoms. The Labute approximate surface area is 114 Å². The highest BCUT2D eigenvalue weighted by molar-refractivity contribution is 5.35. The van der Waals surface area contributed by atoms with E-state index in [1.165, 1.54) is 6.20 Å². The van der Waals surface area contributed by atoms with Gasteiger partial charge in [-0.1, -0.05) is 5.21 Å². The molecule has 0 saturated carbocycles. The molecule has 2 aromatic rings. The minimum Gasteiger partial charge on any atom is -0.306 e. The van der Waals surface area contributed by atoms with Crippen molar-refractivity contribution in [2.24, 2.45) is 0 Å². The molecule has 0 spiro atoms. The van der Waals surface area contributed by atoms with E-state index < -0.39 is 17.5 Å². The quantitative estimate of drug-likeness (QED) is 0.881. The number of hydrogen-bond donors (Lipinski definition) is 1. The molecule has 1 aromatic carbocycles. The summed E-state index contributed by atoms with van der Waals surface area (Å²) in [5.41, 5.74) is 0.0374. The third-order valence-corrected chi connectivity index (χ3v) is 2.62. The van der Waals surface area contributed by atoms with E-state index in [0.717, 1.165) is 10.7 Å². The number of nitrogens with one attached hydrogen (secondary N) is 1. The van der Waals surface area contributed by atoms with Gasteiger partial charge in [0.15, 0.2) is 11.6 Å². The molecule has 20 heavy (non-hydrogen) atoms. The number of hydrogen-bond acceptors (Lipinski definition) is 3. The third-order valence-electron chi connectivity index (χ3n) is 2.62. The van der Waals surface area contributed by atoms with Crippen LogP contribution in [0.1, 0.15) is 26.5 Å². The molecular formula is C13H15F3N4. The monoisotopic (exact) mass is 284 g/mol. The summed E-state index contributed by atoms with van der Waals surface area (Å²) in [6, 6.07) is 1.37. The first-order valence-corrected chi connectivity index (χ1v) is 6.07. The maximum atomic E-state index is 13.7. The van der Waals surface area contributed by atoms with Gasteiger partial charge in [-0.2, -0.15) is 0 Å². The van der Waals surface area contributed by atoms with E-state index in [0.29, 0.717) is 18.3 Å². The largest absolute Gasteiger partial charge is 0.306 e. The molecule has 0 aliphatic rings. The van der Waals surface area contributed by atoms with Gasteiger partial charge < -0.3 is 5.32 Å². The topological polar surface area (TPSA) is 42.7 Å². The lowest BCUT2D eigenvalue weighted by Gasteiger charge is -2.20. The van der Waals surface area contributed by atoms with Crippen LogP contribution in [-0.4, -0.2) is 20.5 Å². The zero-order valence-corrected chi connectivity index (χ0v) is 11.4. The van der Waals surface area contributed by atoms with E-state index in [2.05, 4.69) is 15.6 Å². The second-order valence-corrected chi connectivity index (χ2v) is 5.46. The molecule has 4 nitrogen and oxygen atoms in total. The van der Waals surface area contributed by atoms with Crippen LogP contribution < -0.4 is 5.32 Å². The van der Waals surface area contributed by atoms with Crippen molar-refractivity contribution in [2.45, 2.75) is 32.9 Å². The van der Waals surface area contributed by atoms with Crippen molar-refractivity contribution in [3.63, 3.8) is 0 Å². The molecule has 0 bridgehead atoms. The highest BCUT2D eigenvalue weighted by Crippen LogP contribution is 2.19. The van der Waals surface area contributed by atoms with Crippen molar-refractivity contribution in [3.8, 4) is 5.69 Å². The molecule has 0 aliphatic carbocycles. The van der Waals surface area contributed by atoms with Gasteiger partial charge in [0, 0.05) is 24.2 Å².